The lowest BCUT2D eigenvalue weighted by molar-refractivity contribution is 0.810. The molecule has 2 aliphatic rings. The maximum atomic E-state index is 5.42. The highest BCUT2D eigenvalue weighted by atomic mass is 32.2. The Balaban J connectivity index is 1.14. The van der Waals surface area contributed by atoms with E-state index >= 15 is 0 Å². The van der Waals surface area contributed by atoms with E-state index < -0.39 is 0 Å². The van der Waals surface area contributed by atoms with Crippen molar-refractivity contribution < 1.29 is 0 Å². The third-order valence-corrected chi connectivity index (χ3v) is 11.8. The molecular weight excluding hydrogens is 665 g/mol. The fourth-order valence-corrected chi connectivity index (χ4v) is 9.33. The average Bonchev–Trinajstić information content (AvgIpc) is 3.57. The predicted molar refractivity (Wildman–Crippen MR) is 221 cm³/mol. The molecule has 0 N–H and O–H groups in total. The topological polar surface area (TPSA) is 34.0 Å². The summed E-state index contributed by atoms with van der Waals surface area (Å²) in [6.07, 6.45) is 9.67. The minimum absolute atomic E-state index is 0.185. The van der Waals surface area contributed by atoms with Gasteiger partial charge in [-0.2, -0.15) is 0 Å². The van der Waals surface area contributed by atoms with Crippen LogP contribution in [0.15, 0.2) is 186 Å². The largest absolute Gasteiger partial charge is 0.308 e. The van der Waals surface area contributed by atoms with Crippen LogP contribution < -0.4 is 4.90 Å². The summed E-state index contributed by atoms with van der Waals surface area (Å²) in [4.78, 5) is 15.6. The maximum absolute atomic E-state index is 5.42. The van der Waals surface area contributed by atoms with Crippen LogP contribution in [0, 0.1) is 0 Å². The van der Waals surface area contributed by atoms with Gasteiger partial charge >= 0.3 is 0 Å². The Kier molecular flexibility index (Phi) is 6.89. The molecule has 5 heteroatoms. The Bertz CT molecular complexity index is 2980. The van der Waals surface area contributed by atoms with Crippen molar-refractivity contribution in [1.29, 1.82) is 0 Å². The normalized spacial score (nSPS) is 15.0. The molecule has 0 amide bonds. The van der Waals surface area contributed by atoms with Gasteiger partial charge in [0.05, 0.1) is 33.6 Å². The molecule has 9 aromatic rings. The van der Waals surface area contributed by atoms with E-state index in [1.165, 1.54) is 48.3 Å². The molecule has 4 nitrogen and oxygen atoms in total. The zero-order valence-electron chi connectivity index (χ0n) is 28.7. The summed E-state index contributed by atoms with van der Waals surface area (Å²) in [5, 5.41) is 5.96. The molecule has 2 aromatic heterocycles. The molecule has 1 aliphatic carbocycles. The highest BCUT2D eigenvalue weighted by molar-refractivity contribution is 7.99. The van der Waals surface area contributed by atoms with Gasteiger partial charge < -0.3 is 4.90 Å². The number of fused-ring (bicyclic) bond motifs is 8. The molecule has 0 radical (unpaired) electrons. The van der Waals surface area contributed by atoms with Crippen molar-refractivity contribution in [3.8, 4) is 17.1 Å². The van der Waals surface area contributed by atoms with E-state index in [9.17, 15) is 0 Å². The molecule has 0 fully saturated rings. The van der Waals surface area contributed by atoms with E-state index in [0.717, 1.165) is 45.3 Å². The molecule has 250 valence electrons. The van der Waals surface area contributed by atoms with Gasteiger partial charge in [-0.15, -0.1) is 0 Å². The minimum atomic E-state index is 0.185. The second-order valence-corrected chi connectivity index (χ2v) is 14.8. The fourth-order valence-electron chi connectivity index (χ4n) is 8.23. The van der Waals surface area contributed by atoms with Crippen molar-refractivity contribution >= 4 is 72.3 Å². The standard InChI is InChI=1S/C48H32N4S/c1-3-14-32(15-4-1)47-37-19-9-10-20-39(37)49-48(50-47)52-42-28-24-31-13-7-8-18-36(31)46(42)38-26-23-33(29-43(38)52)34-25-27-41-45(30-34)53-44-22-12-11-21-40(44)51(41)35-16-5-2-6-17-35/h1-14,16-30,32H,15H2. The quantitative estimate of drug-likeness (QED) is 0.183. The van der Waals surface area contributed by atoms with Crippen molar-refractivity contribution in [3.63, 3.8) is 0 Å². The molecule has 3 heterocycles. The lowest BCUT2D eigenvalue weighted by Gasteiger charge is -2.33. The predicted octanol–water partition coefficient (Wildman–Crippen LogP) is 13.1. The molecule has 1 atom stereocenters. The molecule has 0 saturated carbocycles. The maximum Gasteiger partial charge on any atom is 0.235 e. The first-order valence-electron chi connectivity index (χ1n) is 18.1. The summed E-state index contributed by atoms with van der Waals surface area (Å²) >= 11 is 1.84. The first-order valence-corrected chi connectivity index (χ1v) is 18.9. The Morgan fingerprint density at radius 2 is 1.34 bits per heavy atom. The summed E-state index contributed by atoms with van der Waals surface area (Å²) in [7, 11) is 0. The Morgan fingerprint density at radius 3 is 2.25 bits per heavy atom. The molecule has 53 heavy (non-hydrogen) atoms. The van der Waals surface area contributed by atoms with E-state index in [4.69, 9.17) is 9.97 Å². The first kappa shape index (κ1) is 30.2. The molecule has 0 saturated heterocycles. The third-order valence-electron chi connectivity index (χ3n) is 10.7. The van der Waals surface area contributed by atoms with Gasteiger partial charge in [-0.3, -0.25) is 4.57 Å². The van der Waals surface area contributed by atoms with Crippen LogP contribution in [0.2, 0.25) is 0 Å². The van der Waals surface area contributed by atoms with E-state index in [1.807, 2.05) is 11.8 Å². The van der Waals surface area contributed by atoms with Crippen molar-refractivity contribution in [1.82, 2.24) is 14.5 Å². The first-order chi connectivity index (χ1) is 26.3. The van der Waals surface area contributed by atoms with Gasteiger partial charge in [-0.1, -0.05) is 133 Å². The van der Waals surface area contributed by atoms with Gasteiger partial charge in [0.25, 0.3) is 0 Å². The van der Waals surface area contributed by atoms with Crippen LogP contribution in [0.5, 0.6) is 0 Å². The molecule has 1 unspecified atom stereocenters. The molecule has 11 rings (SSSR count). The SMILES string of the molecule is C1=CCC(c2nc(-n3c4cc(-c5ccc6c(c5)Sc5ccccc5N6c5ccccc5)ccc4c4c5ccccc5ccc43)nc3ccccc23)C=C1. The molecule has 7 aromatic carbocycles. The van der Waals surface area contributed by atoms with Crippen LogP contribution >= 0.6 is 11.8 Å². The van der Waals surface area contributed by atoms with Crippen molar-refractivity contribution in [2.24, 2.45) is 0 Å². The van der Waals surface area contributed by atoms with E-state index in [1.54, 1.807) is 0 Å². The number of benzene rings is 7. The summed E-state index contributed by atoms with van der Waals surface area (Å²) in [6, 6.07) is 54.7. The Labute approximate surface area is 311 Å². The lowest BCUT2D eigenvalue weighted by atomic mass is 9.94. The number of anilines is 3. The number of hydrogen-bond acceptors (Lipinski definition) is 4. The van der Waals surface area contributed by atoms with Crippen LogP contribution in [0.25, 0.3) is 60.6 Å². The van der Waals surface area contributed by atoms with E-state index in [0.29, 0.717) is 5.95 Å². The average molecular weight is 697 g/mol. The van der Waals surface area contributed by atoms with Crippen molar-refractivity contribution in [3.05, 3.63) is 182 Å². The van der Waals surface area contributed by atoms with Crippen LogP contribution in [0.4, 0.5) is 17.1 Å². The highest BCUT2D eigenvalue weighted by Crippen LogP contribution is 2.52. The molecule has 1 aliphatic heterocycles. The minimum Gasteiger partial charge on any atom is -0.308 e. The summed E-state index contributed by atoms with van der Waals surface area (Å²) < 4.78 is 2.29. The van der Waals surface area contributed by atoms with Gasteiger partial charge in [0.1, 0.15) is 0 Å². The number of para-hydroxylation sites is 3. The smallest absolute Gasteiger partial charge is 0.235 e. The van der Waals surface area contributed by atoms with E-state index in [-0.39, 0.29) is 5.92 Å². The number of rotatable bonds is 4. The van der Waals surface area contributed by atoms with Crippen molar-refractivity contribution in [2.75, 3.05) is 4.90 Å². The molecule has 0 spiro atoms. The summed E-state index contributed by atoms with van der Waals surface area (Å²) in [5.74, 6) is 0.884. The zero-order chi connectivity index (χ0) is 34.9. The second-order valence-electron chi connectivity index (χ2n) is 13.8. The lowest BCUT2D eigenvalue weighted by Crippen LogP contribution is -2.14. The van der Waals surface area contributed by atoms with Gasteiger partial charge in [0.2, 0.25) is 5.95 Å². The summed E-state index contributed by atoms with van der Waals surface area (Å²) in [6.45, 7) is 0. The van der Waals surface area contributed by atoms with Crippen LogP contribution in [0.1, 0.15) is 18.0 Å². The number of aromatic nitrogens is 3. The Morgan fingerprint density at radius 1 is 0.566 bits per heavy atom. The van der Waals surface area contributed by atoms with Crippen LogP contribution in [-0.4, -0.2) is 14.5 Å². The number of nitrogens with zero attached hydrogens (tertiary/aromatic N) is 4. The number of allylic oxidation sites excluding steroid dienone is 4. The van der Waals surface area contributed by atoms with Crippen LogP contribution in [0.3, 0.4) is 0 Å². The zero-order valence-corrected chi connectivity index (χ0v) is 29.5. The van der Waals surface area contributed by atoms with Gasteiger partial charge in [0.15, 0.2) is 0 Å². The number of hydrogen-bond donors (Lipinski definition) is 0. The van der Waals surface area contributed by atoms with Crippen LogP contribution in [-0.2, 0) is 0 Å². The van der Waals surface area contributed by atoms with Gasteiger partial charge in [-0.05, 0) is 82.9 Å². The Hall–Kier alpha value is -6.43. The second kappa shape index (κ2) is 12.1. The summed E-state index contributed by atoms with van der Waals surface area (Å²) in [5.41, 5.74) is 10.1. The monoisotopic (exact) mass is 696 g/mol. The highest BCUT2D eigenvalue weighted by Gasteiger charge is 2.26. The molecular formula is C48H32N4S. The fraction of sp³-hybridized carbons (Fsp3) is 0.0417. The van der Waals surface area contributed by atoms with Crippen molar-refractivity contribution in [2.45, 2.75) is 22.1 Å². The molecule has 0 bridgehead atoms. The van der Waals surface area contributed by atoms with E-state index in [2.05, 4.69) is 185 Å². The van der Waals surface area contributed by atoms with Gasteiger partial charge in [0, 0.05) is 37.6 Å². The third kappa shape index (κ3) is 4.85. The van der Waals surface area contributed by atoms with Gasteiger partial charge in [-0.25, -0.2) is 9.97 Å².